The Morgan fingerprint density at radius 2 is 2.17 bits per heavy atom. The molecule has 3 rings (SSSR count). The highest BCUT2D eigenvalue weighted by atomic mass is 32.2. The molecular weight excluding hydrogens is 400 g/mol. The molecular formula is C18H24N4O6S. The fourth-order valence-corrected chi connectivity index (χ4v) is 4.85. The van der Waals surface area contributed by atoms with E-state index in [0.717, 1.165) is 0 Å². The van der Waals surface area contributed by atoms with Crippen molar-refractivity contribution in [3.8, 4) is 5.75 Å². The highest BCUT2D eigenvalue weighted by Crippen LogP contribution is 2.31. The van der Waals surface area contributed by atoms with Crippen molar-refractivity contribution in [2.75, 3.05) is 33.9 Å². The quantitative estimate of drug-likeness (QED) is 0.689. The first-order chi connectivity index (χ1) is 13.8. The van der Waals surface area contributed by atoms with Crippen molar-refractivity contribution in [1.82, 2.24) is 19.8 Å². The van der Waals surface area contributed by atoms with Crippen LogP contribution < -0.4 is 10.1 Å². The van der Waals surface area contributed by atoms with Gasteiger partial charge in [0.25, 0.3) is 0 Å². The van der Waals surface area contributed by atoms with Crippen LogP contribution in [-0.4, -0.2) is 68.7 Å². The third-order valence-corrected chi connectivity index (χ3v) is 6.60. The van der Waals surface area contributed by atoms with Crippen molar-refractivity contribution < 1.29 is 27.2 Å². The standard InChI is InChI=1S/C18H24N4O6S/c1-12-19-18(28-21-12)15-7-8-22(10-16(15)20-17(23)11-26-2)29(24,25)14-6-4-5-13(9-14)27-3/h4-6,9,15-16H,7-8,10-11H2,1-3H3,(H,20,23)/t15-,16+/m0/s1. The molecule has 0 bridgehead atoms. The van der Waals surface area contributed by atoms with E-state index in [0.29, 0.717) is 23.9 Å². The number of nitrogens with one attached hydrogen (secondary N) is 1. The molecule has 0 unspecified atom stereocenters. The molecule has 1 aliphatic heterocycles. The number of methoxy groups -OCH3 is 2. The molecule has 0 radical (unpaired) electrons. The van der Waals surface area contributed by atoms with E-state index in [1.807, 2.05) is 0 Å². The molecule has 1 fully saturated rings. The lowest BCUT2D eigenvalue weighted by atomic mass is 9.92. The van der Waals surface area contributed by atoms with Gasteiger partial charge in [-0.1, -0.05) is 11.2 Å². The molecule has 11 heteroatoms. The summed E-state index contributed by atoms with van der Waals surface area (Å²) in [5.74, 6) is 0.664. The van der Waals surface area contributed by atoms with Crippen LogP contribution in [0.25, 0.3) is 0 Å². The van der Waals surface area contributed by atoms with Crippen LogP contribution in [0.1, 0.15) is 24.1 Å². The number of ether oxygens (including phenoxy) is 2. The first kappa shape index (κ1) is 21.2. The van der Waals surface area contributed by atoms with Crippen LogP contribution in [0.15, 0.2) is 33.7 Å². The van der Waals surface area contributed by atoms with Gasteiger partial charge in [-0.3, -0.25) is 4.79 Å². The zero-order chi connectivity index (χ0) is 21.0. The Bertz CT molecular complexity index is 961. The second kappa shape index (κ2) is 8.89. The number of hydrogen-bond donors (Lipinski definition) is 1. The van der Waals surface area contributed by atoms with Crippen LogP contribution in [0, 0.1) is 6.92 Å². The molecule has 1 saturated heterocycles. The van der Waals surface area contributed by atoms with Gasteiger partial charge in [0.05, 0.1) is 24.0 Å². The topological polar surface area (TPSA) is 124 Å². The number of aromatic nitrogens is 2. The molecule has 0 aliphatic carbocycles. The lowest BCUT2D eigenvalue weighted by Crippen LogP contribution is -2.53. The van der Waals surface area contributed by atoms with Crippen molar-refractivity contribution in [3.63, 3.8) is 0 Å². The van der Waals surface area contributed by atoms with Gasteiger partial charge >= 0.3 is 0 Å². The van der Waals surface area contributed by atoms with E-state index in [4.69, 9.17) is 14.0 Å². The molecule has 158 valence electrons. The number of aryl methyl sites for hydroxylation is 1. The third-order valence-electron chi connectivity index (χ3n) is 4.74. The molecule has 0 spiro atoms. The maximum atomic E-state index is 13.1. The average Bonchev–Trinajstić information content (AvgIpc) is 3.14. The number of amides is 1. The van der Waals surface area contributed by atoms with Gasteiger partial charge in [0.2, 0.25) is 21.8 Å². The van der Waals surface area contributed by atoms with Gasteiger partial charge in [-0.15, -0.1) is 0 Å². The van der Waals surface area contributed by atoms with Gasteiger partial charge in [-0.05, 0) is 25.5 Å². The van der Waals surface area contributed by atoms with Gasteiger partial charge in [-0.25, -0.2) is 8.42 Å². The number of carbonyl (C=O) groups is 1. The fourth-order valence-electron chi connectivity index (χ4n) is 3.34. The van der Waals surface area contributed by atoms with Crippen LogP contribution in [0.3, 0.4) is 0 Å². The molecule has 0 saturated carbocycles. The average molecular weight is 424 g/mol. The van der Waals surface area contributed by atoms with Gasteiger partial charge in [0.15, 0.2) is 5.82 Å². The zero-order valence-corrected chi connectivity index (χ0v) is 17.3. The summed E-state index contributed by atoms with van der Waals surface area (Å²) in [7, 11) is -0.879. The smallest absolute Gasteiger partial charge is 0.246 e. The van der Waals surface area contributed by atoms with Gasteiger partial charge < -0.3 is 19.3 Å². The summed E-state index contributed by atoms with van der Waals surface area (Å²) in [5, 5.41) is 6.64. The second-order valence-electron chi connectivity index (χ2n) is 6.72. The first-order valence-corrected chi connectivity index (χ1v) is 10.5. The SMILES string of the molecule is COCC(=O)N[C@@H]1CN(S(=O)(=O)c2cccc(OC)c2)CC[C@@H]1c1nc(C)no1. The summed E-state index contributed by atoms with van der Waals surface area (Å²) in [6, 6.07) is 5.76. The number of rotatable bonds is 7. The Morgan fingerprint density at radius 3 is 2.83 bits per heavy atom. The maximum absolute atomic E-state index is 13.1. The molecule has 1 N–H and O–H groups in total. The van der Waals surface area contributed by atoms with E-state index in [1.54, 1.807) is 19.1 Å². The Balaban J connectivity index is 1.86. The van der Waals surface area contributed by atoms with E-state index in [2.05, 4.69) is 15.5 Å². The van der Waals surface area contributed by atoms with Crippen LogP contribution in [0.4, 0.5) is 0 Å². The van der Waals surface area contributed by atoms with Crippen LogP contribution in [0.5, 0.6) is 5.75 Å². The van der Waals surface area contributed by atoms with Gasteiger partial charge in [0.1, 0.15) is 12.4 Å². The Morgan fingerprint density at radius 1 is 1.38 bits per heavy atom. The highest BCUT2D eigenvalue weighted by molar-refractivity contribution is 7.89. The number of hydrogen-bond acceptors (Lipinski definition) is 8. The van der Waals surface area contributed by atoms with Crippen LogP contribution in [0.2, 0.25) is 0 Å². The minimum Gasteiger partial charge on any atom is -0.497 e. The van der Waals surface area contributed by atoms with Crippen LogP contribution in [-0.2, 0) is 19.6 Å². The predicted octanol–water partition coefficient (Wildman–Crippen LogP) is 0.696. The zero-order valence-electron chi connectivity index (χ0n) is 16.5. The minimum atomic E-state index is -3.77. The normalized spacial score (nSPS) is 20.4. The molecule has 1 aliphatic rings. The van der Waals surface area contributed by atoms with Crippen LogP contribution >= 0.6 is 0 Å². The van der Waals surface area contributed by atoms with E-state index >= 15 is 0 Å². The van der Waals surface area contributed by atoms with Gasteiger partial charge in [0, 0.05) is 26.3 Å². The molecule has 2 atom stereocenters. The number of piperidine rings is 1. The minimum absolute atomic E-state index is 0.0705. The summed E-state index contributed by atoms with van der Waals surface area (Å²) in [4.78, 5) is 16.5. The van der Waals surface area contributed by atoms with Crippen molar-refractivity contribution in [1.29, 1.82) is 0 Å². The molecule has 2 heterocycles. The summed E-state index contributed by atoms with van der Waals surface area (Å²) < 4.78 is 42.9. The number of benzene rings is 1. The molecule has 29 heavy (non-hydrogen) atoms. The summed E-state index contributed by atoms with van der Waals surface area (Å²) in [5.41, 5.74) is 0. The molecule has 2 aromatic rings. The largest absolute Gasteiger partial charge is 0.497 e. The Labute approximate surface area is 169 Å². The summed E-state index contributed by atoms with van der Waals surface area (Å²) in [6.07, 6.45) is 0.419. The lowest BCUT2D eigenvalue weighted by Gasteiger charge is -2.36. The molecule has 1 aromatic heterocycles. The first-order valence-electron chi connectivity index (χ1n) is 9.08. The highest BCUT2D eigenvalue weighted by Gasteiger charge is 2.39. The van der Waals surface area contributed by atoms with E-state index in [-0.39, 0.29) is 36.4 Å². The van der Waals surface area contributed by atoms with Crippen molar-refractivity contribution in [2.24, 2.45) is 0 Å². The second-order valence-corrected chi connectivity index (χ2v) is 8.66. The number of sulfonamides is 1. The van der Waals surface area contributed by atoms with Gasteiger partial charge in [-0.2, -0.15) is 9.29 Å². The molecule has 10 nitrogen and oxygen atoms in total. The molecule has 1 aromatic carbocycles. The van der Waals surface area contributed by atoms with Crippen molar-refractivity contribution in [2.45, 2.75) is 30.2 Å². The fraction of sp³-hybridized carbons (Fsp3) is 0.500. The predicted molar refractivity (Wildman–Crippen MR) is 102 cm³/mol. The van der Waals surface area contributed by atoms with E-state index in [1.165, 1.54) is 30.7 Å². The van der Waals surface area contributed by atoms with Crippen molar-refractivity contribution in [3.05, 3.63) is 36.0 Å². The van der Waals surface area contributed by atoms with E-state index in [9.17, 15) is 13.2 Å². The molecule has 1 amide bonds. The van der Waals surface area contributed by atoms with E-state index < -0.39 is 16.1 Å². The number of nitrogens with zero attached hydrogens (tertiary/aromatic N) is 3. The summed E-state index contributed by atoms with van der Waals surface area (Å²) in [6.45, 7) is 1.89. The number of carbonyl (C=O) groups excluding carboxylic acids is 1. The Hall–Kier alpha value is -2.50. The Kier molecular flexibility index (Phi) is 6.50. The monoisotopic (exact) mass is 424 g/mol. The van der Waals surface area contributed by atoms with Crippen molar-refractivity contribution >= 4 is 15.9 Å². The summed E-state index contributed by atoms with van der Waals surface area (Å²) >= 11 is 0. The maximum Gasteiger partial charge on any atom is 0.246 e. The third kappa shape index (κ3) is 4.74. The lowest BCUT2D eigenvalue weighted by molar-refractivity contribution is -0.125.